The number of amides is 1. The fourth-order valence-electron chi connectivity index (χ4n) is 3.23. The van der Waals surface area contributed by atoms with E-state index in [4.69, 9.17) is 23.7 Å². The SMILES string of the molecule is COc1cc(CNC(=O)c2ccc(OC)c(OC)c2OC)ccc1OCc1ccccc1. The van der Waals surface area contributed by atoms with E-state index >= 15 is 0 Å². The highest BCUT2D eigenvalue weighted by molar-refractivity contribution is 5.98. The lowest BCUT2D eigenvalue weighted by Crippen LogP contribution is -2.23. The molecule has 0 saturated carbocycles. The Balaban J connectivity index is 1.69. The van der Waals surface area contributed by atoms with Crippen LogP contribution in [0.15, 0.2) is 60.7 Å². The van der Waals surface area contributed by atoms with Crippen molar-refractivity contribution in [1.29, 1.82) is 0 Å². The lowest BCUT2D eigenvalue weighted by Gasteiger charge is -2.16. The highest BCUT2D eigenvalue weighted by Gasteiger charge is 2.20. The third kappa shape index (κ3) is 5.24. The fourth-order valence-corrected chi connectivity index (χ4v) is 3.23. The van der Waals surface area contributed by atoms with Crippen LogP contribution in [0.3, 0.4) is 0 Å². The molecular formula is C25H27NO6. The van der Waals surface area contributed by atoms with Crippen molar-refractivity contribution in [1.82, 2.24) is 5.32 Å². The minimum atomic E-state index is -0.300. The summed E-state index contributed by atoms with van der Waals surface area (Å²) in [5.74, 6) is 2.09. The van der Waals surface area contributed by atoms with Crippen molar-refractivity contribution in [2.45, 2.75) is 13.2 Å². The maximum Gasteiger partial charge on any atom is 0.255 e. The van der Waals surface area contributed by atoms with E-state index in [0.717, 1.165) is 11.1 Å². The molecule has 3 rings (SSSR count). The number of hydrogen-bond donors (Lipinski definition) is 1. The number of methoxy groups -OCH3 is 4. The summed E-state index contributed by atoms with van der Waals surface area (Å²) < 4.78 is 27.4. The second-order valence-electron chi connectivity index (χ2n) is 6.82. The van der Waals surface area contributed by atoms with Crippen molar-refractivity contribution in [2.24, 2.45) is 0 Å². The predicted molar refractivity (Wildman–Crippen MR) is 121 cm³/mol. The summed E-state index contributed by atoms with van der Waals surface area (Å²) >= 11 is 0. The largest absolute Gasteiger partial charge is 0.493 e. The highest BCUT2D eigenvalue weighted by atomic mass is 16.5. The van der Waals surface area contributed by atoms with Crippen molar-refractivity contribution in [2.75, 3.05) is 28.4 Å². The number of carbonyl (C=O) groups excluding carboxylic acids is 1. The molecule has 1 amide bonds. The first-order valence-corrected chi connectivity index (χ1v) is 10.0. The topological polar surface area (TPSA) is 75.3 Å². The molecule has 7 heteroatoms. The minimum Gasteiger partial charge on any atom is -0.493 e. The van der Waals surface area contributed by atoms with Crippen LogP contribution in [0.4, 0.5) is 0 Å². The van der Waals surface area contributed by atoms with E-state index in [9.17, 15) is 4.79 Å². The molecule has 0 spiro atoms. The van der Waals surface area contributed by atoms with Gasteiger partial charge in [-0.2, -0.15) is 0 Å². The van der Waals surface area contributed by atoms with Gasteiger partial charge in [-0.25, -0.2) is 0 Å². The quantitative estimate of drug-likeness (QED) is 0.512. The second kappa shape index (κ2) is 10.9. The number of ether oxygens (including phenoxy) is 5. The predicted octanol–water partition coefficient (Wildman–Crippen LogP) is 4.23. The third-order valence-electron chi connectivity index (χ3n) is 4.87. The Kier molecular flexibility index (Phi) is 7.80. The van der Waals surface area contributed by atoms with Crippen LogP contribution < -0.4 is 29.0 Å². The summed E-state index contributed by atoms with van der Waals surface area (Å²) in [4.78, 5) is 12.8. The zero-order valence-corrected chi connectivity index (χ0v) is 18.6. The standard InChI is InChI=1S/C25H27NO6/c1-28-21-13-11-19(23(30-3)24(21)31-4)25(27)26-15-18-10-12-20(22(14-18)29-2)32-16-17-8-6-5-7-9-17/h5-14H,15-16H2,1-4H3,(H,26,27). The molecule has 1 N–H and O–H groups in total. The van der Waals surface area contributed by atoms with Crippen LogP contribution in [0.1, 0.15) is 21.5 Å². The maximum absolute atomic E-state index is 12.8. The Labute approximate surface area is 187 Å². The smallest absolute Gasteiger partial charge is 0.255 e. The summed E-state index contributed by atoms with van der Waals surface area (Å²) in [5, 5.41) is 2.90. The van der Waals surface area contributed by atoms with Gasteiger partial charge in [-0.05, 0) is 35.4 Å². The molecule has 7 nitrogen and oxygen atoms in total. The van der Waals surface area contributed by atoms with E-state index in [1.54, 1.807) is 19.2 Å². The van der Waals surface area contributed by atoms with Crippen LogP contribution in [0.2, 0.25) is 0 Å². The molecule has 0 heterocycles. The summed E-state index contributed by atoms with van der Waals surface area (Å²) in [6.07, 6.45) is 0. The molecule has 0 aliphatic rings. The fraction of sp³-hybridized carbons (Fsp3) is 0.240. The highest BCUT2D eigenvalue weighted by Crippen LogP contribution is 2.39. The average Bonchev–Trinajstić information content (AvgIpc) is 2.85. The van der Waals surface area contributed by atoms with Crippen molar-refractivity contribution in [3.63, 3.8) is 0 Å². The molecule has 0 aliphatic heterocycles. The number of hydrogen-bond acceptors (Lipinski definition) is 6. The van der Waals surface area contributed by atoms with Crippen molar-refractivity contribution < 1.29 is 28.5 Å². The van der Waals surface area contributed by atoms with E-state index in [1.165, 1.54) is 21.3 Å². The van der Waals surface area contributed by atoms with E-state index in [-0.39, 0.29) is 5.91 Å². The Morgan fingerprint density at radius 1 is 0.719 bits per heavy atom. The molecule has 0 aromatic heterocycles. The van der Waals surface area contributed by atoms with Gasteiger partial charge in [-0.15, -0.1) is 0 Å². The van der Waals surface area contributed by atoms with Gasteiger partial charge in [-0.3, -0.25) is 4.79 Å². The van der Waals surface area contributed by atoms with Gasteiger partial charge in [0.05, 0.1) is 34.0 Å². The number of rotatable bonds is 10. The third-order valence-corrected chi connectivity index (χ3v) is 4.87. The Morgan fingerprint density at radius 3 is 2.06 bits per heavy atom. The van der Waals surface area contributed by atoms with Crippen molar-refractivity contribution in [3.8, 4) is 28.7 Å². The van der Waals surface area contributed by atoms with E-state index < -0.39 is 0 Å². The number of nitrogens with one attached hydrogen (secondary N) is 1. The first-order valence-electron chi connectivity index (χ1n) is 10.0. The number of benzene rings is 3. The molecule has 168 valence electrons. The van der Waals surface area contributed by atoms with Crippen molar-refractivity contribution in [3.05, 3.63) is 77.4 Å². The monoisotopic (exact) mass is 437 g/mol. The zero-order valence-electron chi connectivity index (χ0n) is 18.6. The van der Waals surface area contributed by atoms with Gasteiger partial charge in [0.25, 0.3) is 5.91 Å². The molecule has 0 atom stereocenters. The van der Waals surface area contributed by atoms with Gasteiger partial charge >= 0.3 is 0 Å². The zero-order chi connectivity index (χ0) is 22.9. The Bertz CT molecular complexity index is 1050. The van der Waals surface area contributed by atoms with Crippen LogP contribution in [0, 0.1) is 0 Å². The molecule has 0 fully saturated rings. The van der Waals surface area contributed by atoms with Gasteiger partial charge in [0.2, 0.25) is 5.75 Å². The average molecular weight is 437 g/mol. The van der Waals surface area contributed by atoms with Crippen molar-refractivity contribution >= 4 is 5.91 Å². The minimum absolute atomic E-state index is 0.297. The normalized spacial score (nSPS) is 10.2. The molecule has 0 unspecified atom stereocenters. The van der Waals surface area contributed by atoms with E-state index in [2.05, 4.69) is 5.32 Å². The first-order chi connectivity index (χ1) is 15.6. The lowest BCUT2D eigenvalue weighted by molar-refractivity contribution is 0.0947. The van der Waals surface area contributed by atoms with Gasteiger partial charge in [0.1, 0.15) is 6.61 Å². The van der Waals surface area contributed by atoms with Crippen LogP contribution in [0.5, 0.6) is 28.7 Å². The van der Waals surface area contributed by atoms with Crippen LogP contribution in [-0.2, 0) is 13.2 Å². The molecule has 32 heavy (non-hydrogen) atoms. The molecule has 0 saturated heterocycles. The maximum atomic E-state index is 12.8. The van der Waals surface area contributed by atoms with Crippen LogP contribution >= 0.6 is 0 Å². The second-order valence-corrected chi connectivity index (χ2v) is 6.82. The summed E-state index contributed by atoms with van der Waals surface area (Å²) in [5.41, 5.74) is 2.27. The molecule has 3 aromatic carbocycles. The molecule has 3 aromatic rings. The molecular weight excluding hydrogens is 410 g/mol. The van der Waals surface area contributed by atoms with E-state index in [1.807, 2.05) is 48.5 Å². The molecule has 0 radical (unpaired) electrons. The van der Waals surface area contributed by atoms with Crippen LogP contribution in [0.25, 0.3) is 0 Å². The van der Waals surface area contributed by atoms with Gasteiger partial charge in [0.15, 0.2) is 23.0 Å². The Morgan fingerprint density at radius 2 is 1.41 bits per heavy atom. The van der Waals surface area contributed by atoms with Crippen LogP contribution in [-0.4, -0.2) is 34.3 Å². The molecule has 0 aliphatic carbocycles. The Hall–Kier alpha value is -3.87. The lowest BCUT2D eigenvalue weighted by atomic mass is 10.1. The van der Waals surface area contributed by atoms with Gasteiger partial charge < -0.3 is 29.0 Å². The summed E-state index contributed by atoms with van der Waals surface area (Å²) in [6.45, 7) is 0.734. The number of carbonyl (C=O) groups is 1. The summed E-state index contributed by atoms with van der Waals surface area (Å²) in [6, 6.07) is 18.8. The first kappa shape index (κ1) is 22.8. The summed E-state index contributed by atoms with van der Waals surface area (Å²) in [7, 11) is 6.09. The van der Waals surface area contributed by atoms with E-state index in [0.29, 0.717) is 47.5 Å². The van der Waals surface area contributed by atoms with Gasteiger partial charge in [-0.1, -0.05) is 36.4 Å². The molecule has 0 bridgehead atoms. The van der Waals surface area contributed by atoms with Gasteiger partial charge in [0, 0.05) is 6.54 Å².